The summed E-state index contributed by atoms with van der Waals surface area (Å²) in [7, 11) is 0. The number of nitrogens with zero attached hydrogens (tertiary/aromatic N) is 1. The van der Waals surface area contributed by atoms with Crippen LogP contribution in [0.3, 0.4) is 0 Å². The lowest BCUT2D eigenvalue weighted by atomic mass is 10.1. The van der Waals surface area contributed by atoms with Gasteiger partial charge in [-0.15, -0.1) is 0 Å². The van der Waals surface area contributed by atoms with Crippen molar-refractivity contribution in [3.05, 3.63) is 0 Å². The van der Waals surface area contributed by atoms with Crippen LogP contribution in [0.5, 0.6) is 0 Å². The van der Waals surface area contributed by atoms with Gasteiger partial charge in [-0.25, -0.2) is 4.90 Å². The van der Waals surface area contributed by atoms with Gasteiger partial charge in [-0.05, 0) is 20.3 Å². The van der Waals surface area contributed by atoms with Gasteiger partial charge < -0.3 is 14.2 Å². The number of hydrogen-bond donors (Lipinski definition) is 0. The van der Waals surface area contributed by atoms with E-state index < -0.39 is 5.91 Å². The van der Waals surface area contributed by atoms with Crippen LogP contribution in [0.15, 0.2) is 0 Å². The maximum absolute atomic E-state index is 6.00. The summed E-state index contributed by atoms with van der Waals surface area (Å²) in [6.45, 7) is 11.0. The first-order valence-corrected chi connectivity index (χ1v) is 7.39. The van der Waals surface area contributed by atoms with Crippen LogP contribution in [-0.4, -0.2) is 50.3 Å². The van der Waals surface area contributed by atoms with Crippen LogP contribution in [0.2, 0.25) is 0 Å². The number of ether oxygens (including phenoxy) is 3. The first kappa shape index (κ1) is 15.9. The van der Waals surface area contributed by atoms with Crippen molar-refractivity contribution in [2.45, 2.75) is 52.4 Å². The fourth-order valence-electron chi connectivity index (χ4n) is 2.48. The number of rotatable bonds is 9. The topological polar surface area (TPSA) is 30.9 Å². The molecule has 1 saturated heterocycles. The third kappa shape index (κ3) is 4.50. The number of hydrogen-bond acceptors (Lipinski definition) is 4. The normalized spacial score (nSPS) is 18.2. The predicted octanol–water partition coefficient (Wildman–Crippen LogP) is 2.63. The Balaban J connectivity index is 2.66. The van der Waals surface area contributed by atoms with Gasteiger partial charge in [-0.2, -0.15) is 0 Å². The minimum absolute atomic E-state index is 0.525. The fourth-order valence-corrected chi connectivity index (χ4v) is 2.48. The van der Waals surface area contributed by atoms with Gasteiger partial charge >= 0.3 is 0 Å². The van der Waals surface area contributed by atoms with E-state index in [4.69, 9.17) is 14.2 Å². The second kappa shape index (κ2) is 8.86. The molecule has 0 bridgehead atoms. The van der Waals surface area contributed by atoms with Crippen LogP contribution in [0.4, 0.5) is 0 Å². The lowest BCUT2D eigenvalue weighted by Crippen LogP contribution is -2.57. The molecule has 1 aliphatic rings. The van der Waals surface area contributed by atoms with Gasteiger partial charge in [0.2, 0.25) is 5.91 Å². The summed E-state index contributed by atoms with van der Waals surface area (Å²) in [5.41, 5.74) is 0. The number of morpholine rings is 1. The van der Waals surface area contributed by atoms with Crippen molar-refractivity contribution < 1.29 is 14.2 Å². The second-order valence-corrected chi connectivity index (χ2v) is 4.64. The van der Waals surface area contributed by atoms with E-state index in [0.717, 1.165) is 39.1 Å². The summed E-state index contributed by atoms with van der Waals surface area (Å²) in [5.74, 6) is -0.525. The molecule has 1 fully saturated rings. The molecule has 0 spiro atoms. The quantitative estimate of drug-likeness (QED) is 0.470. The van der Waals surface area contributed by atoms with Gasteiger partial charge in [-0.3, -0.25) is 0 Å². The molecule has 0 aliphatic carbocycles. The Morgan fingerprint density at radius 2 is 1.61 bits per heavy atom. The lowest BCUT2D eigenvalue weighted by Gasteiger charge is -2.44. The standard InChI is InChI=1S/C14H29NO3/c1-4-7-8-9-14(17-5-2,18-6-3)15-10-12-16-13-11-15/h4-13H2,1-3H3. The Labute approximate surface area is 112 Å². The highest BCUT2D eigenvalue weighted by molar-refractivity contribution is 4.75. The zero-order valence-corrected chi connectivity index (χ0v) is 12.2. The number of unbranched alkanes of at least 4 members (excludes halogenated alkanes) is 2. The molecule has 1 rings (SSSR count). The van der Waals surface area contributed by atoms with Crippen molar-refractivity contribution in [1.82, 2.24) is 4.90 Å². The summed E-state index contributed by atoms with van der Waals surface area (Å²) in [6.07, 6.45) is 4.54. The van der Waals surface area contributed by atoms with Crippen LogP contribution >= 0.6 is 0 Å². The van der Waals surface area contributed by atoms with E-state index in [2.05, 4.69) is 11.8 Å². The Morgan fingerprint density at radius 3 is 2.11 bits per heavy atom. The van der Waals surface area contributed by atoms with Crippen molar-refractivity contribution in [2.75, 3.05) is 39.5 Å². The van der Waals surface area contributed by atoms with Crippen LogP contribution < -0.4 is 0 Å². The molecule has 0 aromatic carbocycles. The summed E-state index contributed by atoms with van der Waals surface area (Å²) < 4.78 is 17.4. The first-order chi connectivity index (χ1) is 8.79. The summed E-state index contributed by atoms with van der Waals surface area (Å²) >= 11 is 0. The summed E-state index contributed by atoms with van der Waals surface area (Å²) in [6, 6.07) is 0. The first-order valence-electron chi connectivity index (χ1n) is 7.39. The van der Waals surface area contributed by atoms with Crippen molar-refractivity contribution in [3.8, 4) is 0 Å². The summed E-state index contributed by atoms with van der Waals surface area (Å²) in [5, 5.41) is 0. The molecular formula is C14H29NO3. The minimum Gasteiger partial charge on any atom is -0.379 e. The molecule has 0 aromatic heterocycles. The van der Waals surface area contributed by atoms with E-state index in [-0.39, 0.29) is 0 Å². The van der Waals surface area contributed by atoms with Gasteiger partial charge in [0.25, 0.3) is 0 Å². The van der Waals surface area contributed by atoms with Gasteiger partial charge in [0.05, 0.1) is 13.2 Å². The average molecular weight is 259 g/mol. The van der Waals surface area contributed by atoms with Crippen molar-refractivity contribution in [1.29, 1.82) is 0 Å². The monoisotopic (exact) mass is 259 g/mol. The molecule has 0 N–H and O–H groups in total. The molecule has 0 unspecified atom stereocenters. The molecule has 1 heterocycles. The molecule has 0 aromatic rings. The molecular weight excluding hydrogens is 230 g/mol. The third-order valence-corrected chi connectivity index (χ3v) is 3.33. The van der Waals surface area contributed by atoms with E-state index in [1.807, 2.05) is 13.8 Å². The molecule has 1 aliphatic heterocycles. The molecule has 0 atom stereocenters. The van der Waals surface area contributed by atoms with E-state index >= 15 is 0 Å². The van der Waals surface area contributed by atoms with E-state index in [9.17, 15) is 0 Å². The van der Waals surface area contributed by atoms with E-state index in [0.29, 0.717) is 13.2 Å². The Bertz CT molecular complexity index is 199. The van der Waals surface area contributed by atoms with E-state index in [1.165, 1.54) is 12.8 Å². The molecule has 4 heteroatoms. The molecule has 4 nitrogen and oxygen atoms in total. The highest BCUT2D eigenvalue weighted by Gasteiger charge is 2.38. The van der Waals surface area contributed by atoms with Gasteiger partial charge in [0.1, 0.15) is 0 Å². The van der Waals surface area contributed by atoms with Gasteiger partial charge in [0, 0.05) is 32.7 Å². The minimum atomic E-state index is -0.525. The van der Waals surface area contributed by atoms with Crippen LogP contribution in [0, 0.1) is 0 Å². The van der Waals surface area contributed by atoms with Crippen LogP contribution in [0.1, 0.15) is 46.5 Å². The van der Waals surface area contributed by atoms with Gasteiger partial charge in [-0.1, -0.05) is 19.8 Å². The SMILES string of the molecule is CCCCCC(OCC)(OCC)N1CCOCC1. The largest absolute Gasteiger partial charge is 0.379 e. The molecule has 0 saturated carbocycles. The van der Waals surface area contributed by atoms with Crippen molar-refractivity contribution >= 4 is 0 Å². The van der Waals surface area contributed by atoms with Gasteiger partial charge in [0.15, 0.2) is 0 Å². The lowest BCUT2D eigenvalue weighted by molar-refractivity contribution is -0.327. The Kier molecular flexibility index (Phi) is 7.82. The highest BCUT2D eigenvalue weighted by atomic mass is 16.7. The maximum Gasteiger partial charge on any atom is 0.230 e. The zero-order valence-electron chi connectivity index (χ0n) is 12.2. The average Bonchev–Trinajstić information content (AvgIpc) is 2.40. The molecule has 18 heavy (non-hydrogen) atoms. The van der Waals surface area contributed by atoms with E-state index in [1.54, 1.807) is 0 Å². The Hall–Kier alpha value is -0.160. The Morgan fingerprint density at radius 1 is 1.00 bits per heavy atom. The predicted molar refractivity (Wildman–Crippen MR) is 72.5 cm³/mol. The molecule has 0 amide bonds. The molecule has 0 radical (unpaired) electrons. The highest BCUT2D eigenvalue weighted by Crippen LogP contribution is 2.27. The van der Waals surface area contributed by atoms with Crippen LogP contribution in [-0.2, 0) is 14.2 Å². The van der Waals surface area contributed by atoms with Crippen LogP contribution in [0.25, 0.3) is 0 Å². The maximum atomic E-state index is 6.00. The fraction of sp³-hybridized carbons (Fsp3) is 1.00. The summed E-state index contributed by atoms with van der Waals surface area (Å²) in [4.78, 5) is 2.30. The smallest absolute Gasteiger partial charge is 0.230 e. The zero-order chi connectivity index (χ0) is 13.3. The van der Waals surface area contributed by atoms with Crippen molar-refractivity contribution in [2.24, 2.45) is 0 Å². The van der Waals surface area contributed by atoms with Crippen molar-refractivity contribution in [3.63, 3.8) is 0 Å². The third-order valence-electron chi connectivity index (χ3n) is 3.33. The molecule has 108 valence electrons. The second-order valence-electron chi connectivity index (χ2n) is 4.64.